The van der Waals surface area contributed by atoms with E-state index in [2.05, 4.69) is 6.92 Å². The number of fused-ring (bicyclic) bond motifs is 1. The van der Waals surface area contributed by atoms with E-state index in [1.54, 1.807) is 0 Å². The van der Waals surface area contributed by atoms with Crippen molar-refractivity contribution in [1.29, 1.82) is 0 Å². The normalized spacial score (nSPS) is 34.5. The molecule has 1 aliphatic carbocycles. The topological polar surface area (TPSA) is 40.6 Å². The molecule has 2 amide bonds. The summed E-state index contributed by atoms with van der Waals surface area (Å²) in [5.41, 5.74) is 0. The monoisotopic (exact) mass is 296 g/mol. The van der Waals surface area contributed by atoms with Crippen LogP contribution < -0.4 is 0 Å². The molecular weight excluding hydrogens is 272 g/mol. The number of nitrogens with zero attached hydrogens (tertiary/aromatic N) is 2. The van der Waals surface area contributed by atoms with Crippen LogP contribution in [0.15, 0.2) is 0 Å². The third kappa shape index (κ3) is 2.45. The number of carbonyl (C=O) groups is 2. The van der Waals surface area contributed by atoms with Gasteiger partial charge >= 0.3 is 0 Å². The molecule has 0 spiro atoms. The zero-order valence-corrected chi connectivity index (χ0v) is 13.0. The molecule has 2 saturated heterocycles. The van der Waals surface area contributed by atoms with Crippen LogP contribution in [0.3, 0.4) is 0 Å². The van der Waals surface area contributed by atoms with Gasteiger partial charge in [0.15, 0.2) is 0 Å². The lowest BCUT2D eigenvalue weighted by molar-refractivity contribution is -0.159. The summed E-state index contributed by atoms with van der Waals surface area (Å²) < 4.78 is 0. The van der Waals surface area contributed by atoms with Crippen LogP contribution in [0.1, 0.15) is 45.4 Å². The number of thioether (sulfide) groups is 1. The molecule has 0 radical (unpaired) electrons. The molecule has 112 valence electrons. The molecule has 2 aliphatic heterocycles. The van der Waals surface area contributed by atoms with Crippen molar-refractivity contribution in [2.45, 2.75) is 62.8 Å². The maximum Gasteiger partial charge on any atom is 0.246 e. The Kier molecular flexibility index (Phi) is 4.24. The van der Waals surface area contributed by atoms with Crippen molar-refractivity contribution in [2.75, 3.05) is 18.8 Å². The zero-order valence-electron chi connectivity index (χ0n) is 12.2. The maximum absolute atomic E-state index is 12.8. The average Bonchev–Trinajstić information content (AvgIpc) is 2.91. The molecule has 3 aliphatic rings. The van der Waals surface area contributed by atoms with E-state index in [1.165, 1.54) is 12.8 Å². The second-order valence-electron chi connectivity index (χ2n) is 6.06. The van der Waals surface area contributed by atoms with E-state index in [9.17, 15) is 9.59 Å². The molecule has 3 fully saturated rings. The molecule has 5 heteroatoms. The van der Waals surface area contributed by atoms with E-state index >= 15 is 0 Å². The zero-order chi connectivity index (χ0) is 14.1. The first-order valence-electron chi connectivity index (χ1n) is 7.94. The third-order valence-electron chi connectivity index (χ3n) is 4.90. The Hall–Kier alpha value is -0.710. The number of carbonyl (C=O) groups excluding carboxylic acids is 2. The van der Waals surface area contributed by atoms with Gasteiger partial charge in [0.05, 0.1) is 0 Å². The number of hydrogen-bond donors (Lipinski definition) is 0. The minimum absolute atomic E-state index is 0.155. The predicted octanol–water partition coefficient (Wildman–Crippen LogP) is 1.88. The van der Waals surface area contributed by atoms with Gasteiger partial charge in [-0.3, -0.25) is 9.59 Å². The molecule has 0 aromatic heterocycles. The molecule has 1 saturated carbocycles. The van der Waals surface area contributed by atoms with Gasteiger partial charge in [-0.15, -0.1) is 0 Å². The highest BCUT2D eigenvalue weighted by Gasteiger charge is 2.45. The maximum atomic E-state index is 12.8. The first kappa shape index (κ1) is 14.2. The van der Waals surface area contributed by atoms with Crippen LogP contribution in [-0.4, -0.2) is 57.8 Å². The van der Waals surface area contributed by atoms with Crippen molar-refractivity contribution in [3.05, 3.63) is 0 Å². The molecular formula is C15H24N2O2S. The van der Waals surface area contributed by atoms with E-state index in [-0.39, 0.29) is 17.9 Å². The fraction of sp³-hybridized carbons (Fsp3) is 0.867. The van der Waals surface area contributed by atoms with Crippen molar-refractivity contribution in [2.24, 2.45) is 0 Å². The second kappa shape index (κ2) is 5.96. The third-order valence-corrected chi connectivity index (χ3v) is 6.21. The molecule has 2 heterocycles. The highest BCUT2D eigenvalue weighted by molar-refractivity contribution is 7.99. The summed E-state index contributed by atoms with van der Waals surface area (Å²) in [7, 11) is 0. The summed E-state index contributed by atoms with van der Waals surface area (Å²) in [5, 5.41) is 0.534. The summed E-state index contributed by atoms with van der Waals surface area (Å²) in [5.74, 6) is 1.48. The van der Waals surface area contributed by atoms with Gasteiger partial charge in [0.2, 0.25) is 11.8 Å². The molecule has 20 heavy (non-hydrogen) atoms. The summed E-state index contributed by atoms with van der Waals surface area (Å²) in [6.07, 6.45) is 6.44. The van der Waals surface area contributed by atoms with Gasteiger partial charge in [-0.25, -0.2) is 0 Å². The summed E-state index contributed by atoms with van der Waals surface area (Å²) >= 11 is 1.95. The Balaban J connectivity index is 1.76. The van der Waals surface area contributed by atoms with Gasteiger partial charge in [0.25, 0.3) is 0 Å². The van der Waals surface area contributed by atoms with Crippen molar-refractivity contribution in [1.82, 2.24) is 9.80 Å². The Labute approximate surface area is 125 Å². The van der Waals surface area contributed by atoms with Gasteiger partial charge in [-0.2, -0.15) is 11.8 Å². The van der Waals surface area contributed by atoms with Gasteiger partial charge in [0.1, 0.15) is 12.6 Å². The van der Waals surface area contributed by atoms with Crippen LogP contribution in [0.5, 0.6) is 0 Å². The lowest BCUT2D eigenvalue weighted by Gasteiger charge is -2.45. The Morgan fingerprint density at radius 1 is 1.10 bits per heavy atom. The van der Waals surface area contributed by atoms with E-state index in [0.29, 0.717) is 17.8 Å². The molecule has 3 rings (SSSR count). The van der Waals surface area contributed by atoms with Crippen molar-refractivity contribution in [3.8, 4) is 0 Å². The van der Waals surface area contributed by atoms with Crippen LogP contribution in [-0.2, 0) is 9.59 Å². The molecule has 0 bridgehead atoms. The number of piperazine rings is 1. The van der Waals surface area contributed by atoms with E-state index in [0.717, 1.165) is 38.0 Å². The molecule has 3 atom stereocenters. The Morgan fingerprint density at radius 2 is 1.95 bits per heavy atom. The molecule has 3 unspecified atom stereocenters. The van der Waals surface area contributed by atoms with Crippen LogP contribution in [0.25, 0.3) is 0 Å². The standard InChI is InChI=1S/C15H24N2O2S/c1-2-20-13-8-5-7-11(13)17-10-14(18)16-9-4-3-6-12(16)15(17)19/h11-13H,2-10H2,1H3. The summed E-state index contributed by atoms with van der Waals surface area (Å²) in [4.78, 5) is 28.9. The lowest BCUT2D eigenvalue weighted by Crippen LogP contribution is -2.64. The number of piperidine rings is 1. The van der Waals surface area contributed by atoms with Crippen molar-refractivity contribution >= 4 is 23.6 Å². The Morgan fingerprint density at radius 3 is 2.75 bits per heavy atom. The van der Waals surface area contributed by atoms with Gasteiger partial charge < -0.3 is 9.80 Å². The highest BCUT2D eigenvalue weighted by atomic mass is 32.2. The minimum Gasteiger partial charge on any atom is -0.329 e. The smallest absolute Gasteiger partial charge is 0.246 e. The lowest BCUT2D eigenvalue weighted by atomic mass is 9.97. The highest BCUT2D eigenvalue weighted by Crippen LogP contribution is 2.35. The van der Waals surface area contributed by atoms with Gasteiger partial charge in [-0.1, -0.05) is 13.3 Å². The van der Waals surface area contributed by atoms with Crippen molar-refractivity contribution < 1.29 is 9.59 Å². The Bertz CT molecular complexity index is 401. The summed E-state index contributed by atoms with van der Waals surface area (Å²) in [6, 6.07) is 0.137. The quantitative estimate of drug-likeness (QED) is 0.798. The fourth-order valence-electron chi connectivity index (χ4n) is 3.94. The number of hydrogen-bond acceptors (Lipinski definition) is 3. The summed E-state index contributed by atoms with van der Waals surface area (Å²) in [6.45, 7) is 3.27. The molecule has 4 nitrogen and oxygen atoms in total. The van der Waals surface area contributed by atoms with E-state index in [1.807, 2.05) is 21.6 Å². The van der Waals surface area contributed by atoms with Crippen LogP contribution in [0.4, 0.5) is 0 Å². The van der Waals surface area contributed by atoms with Crippen LogP contribution in [0.2, 0.25) is 0 Å². The first-order chi connectivity index (χ1) is 9.72. The van der Waals surface area contributed by atoms with Gasteiger partial charge in [-0.05, 0) is 37.9 Å². The van der Waals surface area contributed by atoms with E-state index < -0.39 is 0 Å². The molecule has 0 N–H and O–H groups in total. The predicted molar refractivity (Wildman–Crippen MR) is 80.6 cm³/mol. The largest absolute Gasteiger partial charge is 0.329 e. The number of amides is 2. The van der Waals surface area contributed by atoms with Crippen molar-refractivity contribution in [3.63, 3.8) is 0 Å². The second-order valence-corrected chi connectivity index (χ2v) is 7.57. The van der Waals surface area contributed by atoms with E-state index in [4.69, 9.17) is 0 Å². The average molecular weight is 296 g/mol. The number of rotatable bonds is 3. The fourth-order valence-corrected chi connectivity index (χ4v) is 5.21. The SMILES string of the molecule is CCSC1CCCC1N1CC(=O)N2CCCCC2C1=O. The molecule has 0 aromatic carbocycles. The molecule has 0 aromatic rings. The van der Waals surface area contributed by atoms with Crippen LogP contribution >= 0.6 is 11.8 Å². The van der Waals surface area contributed by atoms with Gasteiger partial charge in [0, 0.05) is 17.8 Å². The van der Waals surface area contributed by atoms with Crippen LogP contribution in [0, 0.1) is 0 Å². The minimum atomic E-state index is -0.155. The first-order valence-corrected chi connectivity index (χ1v) is 8.98.